The molecule has 0 atom stereocenters. The second kappa shape index (κ2) is 6.04. The number of anilines is 1. The van der Waals surface area contributed by atoms with Gasteiger partial charge in [-0.15, -0.1) is 0 Å². The third-order valence-electron chi connectivity index (χ3n) is 3.69. The predicted molar refractivity (Wildman–Crippen MR) is 83.0 cm³/mol. The molecule has 1 heterocycles. The van der Waals surface area contributed by atoms with Crippen LogP contribution in [-0.4, -0.2) is 11.6 Å². The van der Waals surface area contributed by atoms with Gasteiger partial charge in [-0.25, -0.2) is 0 Å². The lowest BCUT2D eigenvalue weighted by Crippen LogP contribution is -2.03. The van der Waals surface area contributed by atoms with E-state index in [0.29, 0.717) is 24.1 Å². The second-order valence-corrected chi connectivity index (χ2v) is 5.22. The summed E-state index contributed by atoms with van der Waals surface area (Å²) in [6.45, 7) is 2.43. The van der Waals surface area contributed by atoms with Crippen molar-refractivity contribution in [3.05, 3.63) is 41.5 Å². The fraction of sp³-hybridized carbons (Fsp3) is 0.353. The van der Waals surface area contributed by atoms with Crippen LogP contribution >= 0.6 is 0 Å². The van der Waals surface area contributed by atoms with E-state index in [-0.39, 0.29) is 0 Å². The summed E-state index contributed by atoms with van der Waals surface area (Å²) in [7, 11) is 0. The Balaban J connectivity index is 1.81. The highest BCUT2D eigenvalue weighted by Crippen LogP contribution is 2.29. The van der Waals surface area contributed by atoms with E-state index in [4.69, 9.17) is 15.2 Å². The van der Waals surface area contributed by atoms with Crippen LogP contribution in [0.1, 0.15) is 30.9 Å². The standard InChI is InChI=1S/C17H20N2O2/c1-2-20-17-15(18)9-10-16(19-17)21-14-8-7-12-5-3-4-6-13(12)11-14/h7-11H,2-6,18H2,1H3. The van der Waals surface area contributed by atoms with Gasteiger partial charge in [-0.05, 0) is 61.9 Å². The molecule has 0 amide bonds. The number of nitrogens with two attached hydrogens (primary N) is 1. The van der Waals surface area contributed by atoms with Gasteiger partial charge in [-0.2, -0.15) is 4.98 Å². The zero-order valence-electron chi connectivity index (χ0n) is 12.3. The van der Waals surface area contributed by atoms with Crippen molar-refractivity contribution in [2.75, 3.05) is 12.3 Å². The molecular weight excluding hydrogens is 264 g/mol. The Bertz CT molecular complexity index is 641. The monoisotopic (exact) mass is 284 g/mol. The molecular formula is C17H20N2O2. The molecule has 2 N–H and O–H groups in total. The first kappa shape index (κ1) is 13.7. The zero-order valence-corrected chi connectivity index (χ0v) is 12.3. The van der Waals surface area contributed by atoms with E-state index >= 15 is 0 Å². The average Bonchev–Trinajstić information content (AvgIpc) is 2.51. The van der Waals surface area contributed by atoms with Crippen LogP contribution in [0.25, 0.3) is 0 Å². The Morgan fingerprint density at radius 1 is 1.10 bits per heavy atom. The lowest BCUT2D eigenvalue weighted by atomic mass is 9.92. The minimum Gasteiger partial charge on any atom is -0.476 e. The SMILES string of the molecule is CCOc1nc(Oc2ccc3c(c2)CCCC3)ccc1N. The number of fused-ring (bicyclic) bond motifs is 1. The van der Waals surface area contributed by atoms with Gasteiger partial charge in [0.2, 0.25) is 11.8 Å². The smallest absolute Gasteiger partial charge is 0.240 e. The van der Waals surface area contributed by atoms with Crippen LogP contribution in [0.3, 0.4) is 0 Å². The van der Waals surface area contributed by atoms with E-state index in [2.05, 4.69) is 17.1 Å². The summed E-state index contributed by atoms with van der Waals surface area (Å²) in [6.07, 6.45) is 4.84. The van der Waals surface area contributed by atoms with Crippen LogP contribution in [0.4, 0.5) is 5.69 Å². The molecule has 2 aromatic rings. The Labute approximate surface area is 124 Å². The molecule has 4 heteroatoms. The van der Waals surface area contributed by atoms with Gasteiger partial charge in [0.1, 0.15) is 5.75 Å². The minimum atomic E-state index is 0.424. The normalized spacial score (nSPS) is 13.6. The molecule has 110 valence electrons. The van der Waals surface area contributed by atoms with Gasteiger partial charge in [0.25, 0.3) is 0 Å². The van der Waals surface area contributed by atoms with Crippen molar-refractivity contribution < 1.29 is 9.47 Å². The van der Waals surface area contributed by atoms with Gasteiger partial charge in [0.05, 0.1) is 12.3 Å². The number of aryl methyl sites for hydroxylation is 2. The second-order valence-electron chi connectivity index (χ2n) is 5.22. The minimum absolute atomic E-state index is 0.424. The van der Waals surface area contributed by atoms with E-state index < -0.39 is 0 Å². The van der Waals surface area contributed by atoms with E-state index in [1.165, 1.54) is 30.4 Å². The van der Waals surface area contributed by atoms with Gasteiger partial charge in [-0.3, -0.25) is 0 Å². The van der Waals surface area contributed by atoms with Gasteiger partial charge in [0, 0.05) is 6.07 Å². The largest absolute Gasteiger partial charge is 0.476 e. The Hall–Kier alpha value is -2.23. The Morgan fingerprint density at radius 2 is 1.90 bits per heavy atom. The predicted octanol–water partition coefficient (Wildman–Crippen LogP) is 3.73. The summed E-state index contributed by atoms with van der Waals surface area (Å²) >= 11 is 0. The van der Waals surface area contributed by atoms with Crippen LogP contribution in [0.15, 0.2) is 30.3 Å². The molecule has 0 aliphatic heterocycles. The molecule has 0 fully saturated rings. The number of hydrogen-bond donors (Lipinski definition) is 1. The van der Waals surface area contributed by atoms with Crippen molar-refractivity contribution >= 4 is 5.69 Å². The lowest BCUT2D eigenvalue weighted by molar-refractivity contribution is 0.323. The number of benzene rings is 1. The van der Waals surface area contributed by atoms with E-state index in [9.17, 15) is 0 Å². The maximum Gasteiger partial charge on any atom is 0.240 e. The van der Waals surface area contributed by atoms with Crippen LogP contribution in [0.2, 0.25) is 0 Å². The van der Waals surface area contributed by atoms with Gasteiger partial charge < -0.3 is 15.2 Å². The van der Waals surface area contributed by atoms with Gasteiger partial charge in [0.15, 0.2) is 0 Å². The molecule has 0 unspecified atom stereocenters. The van der Waals surface area contributed by atoms with Crippen molar-refractivity contribution in [2.24, 2.45) is 0 Å². The van der Waals surface area contributed by atoms with E-state index in [1.54, 1.807) is 12.1 Å². The number of hydrogen-bond acceptors (Lipinski definition) is 4. The molecule has 21 heavy (non-hydrogen) atoms. The molecule has 0 saturated heterocycles. The highest BCUT2D eigenvalue weighted by molar-refractivity contribution is 5.50. The number of ether oxygens (including phenoxy) is 2. The highest BCUT2D eigenvalue weighted by atomic mass is 16.5. The van der Waals surface area contributed by atoms with Crippen LogP contribution in [-0.2, 0) is 12.8 Å². The number of pyridine rings is 1. The molecule has 0 spiro atoms. The molecule has 3 rings (SSSR count). The Morgan fingerprint density at radius 3 is 2.71 bits per heavy atom. The number of nitrogen functional groups attached to an aromatic ring is 1. The van der Waals surface area contributed by atoms with E-state index in [1.807, 2.05) is 13.0 Å². The van der Waals surface area contributed by atoms with Crippen molar-refractivity contribution in [3.63, 3.8) is 0 Å². The summed E-state index contributed by atoms with van der Waals surface area (Å²) in [4.78, 5) is 4.30. The molecule has 4 nitrogen and oxygen atoms in total. The Kier molecular flexibility index (Phi) is 3.95. The average molecular weight is 284 g/mol. The summed E-state index contributed by atoms with van der Waals surface area (Å²) < 4.78 is 11.2. The molecule has 1 aliphatic carbocycles. The number of aromatic nitrogens is 1. The van der Waals surface area contributed by atoms with Crippen LogP contribution < -0.4 is 15.2 Å². The quantitative estimate of drug-likeness (QED) is 0.929. The van der Waals surface area contributed by atoms with Crippen molar-refractivity contribution in [1.82, 2.24) is 4.98 Å². The maximum absolute atomic E-state index is 5.84. The molecule has 0 bridgehead atoms. The number of rotatable bonds is 4. The van der Waals surface area contributed by atoms with Crippen LogP contribution in [0, 0.1) is 0 Å². The molecule has 1 aliphatic rings. The first-order chi connectivity index (χ1) is 10.3. The molecule has 1 aromatic carbocycles. The van der Waals surface area contributed by atoms with Crippen molar-refractivity contribution in [2.45, 2.75) is 32.6 Å². The lowest BCUT2D eigenvalue weighted by Gasteiger charge is -2.16. The summed E-state index contributed by atoms with van der Waals surface area (Å²) in [5.41, 5.74) is 9.17. The third-order valence-corrected chi connectivity index (χ3v) is 3.69. The fourth-order valence-electron chi connectivity index (χ4n) is 2.64. The number of nitrogens with zero attached hydrogens (tertiary/aromatic N) is 1. The first-order valence-electron chi connectivity index (χ1n) is 7.45. The van der Waals surface area contributed by atoms with Crippen molar-refractivity contribution in [3.8, 4) is 17.5 Å². The topological polar surface area (TPSA) is 57.4 Å². The highest BCUT2D eigenvalue weighted by Gasteiger charge is 2.11. The molecule has 1 aromatic heterocycles. The summed E-state index contributed by atoms with van der Waals surface area (Å²) in [5.74, 6) is 1.74. The molecule has 0 saturated carbocycles. The fourth-order valence-corrected chi connectivity index (χ4v) is 2.64. The molecule has 0 radical (unpaired) electrons. The summed E-state index contributed by atoms with van der Waals surface area (Å²) in [6, 6.07) is 9.79. The first-order valence-corrected chi connectivity index (χ1v) is 7.45. The van der Waals surface area contributed by atoms with Gasteiger partial charge in [-0.1, -0.05) is 6.07 Å². The third kappa shape index (κ3) is 3.10. The van der Waals surface area contributed by atoms with Crippen molar-refractivity contribution in [1.29, 1.82) is 0 Å². The van der Waals surface area contributed by atoms with Gasteiger partial charge >= 0.3 is 0 Å². The van der Waals surface area contributed by atoms with E-state index in [0.717, 1.165) is 12.2 Å². The van der Waals surface area contributed by atoms with Crippen LogP contribution in [0.5, 0.6) is 17.5 Å². The summed E-state index contributed by atoms with van der Waals surface area (Å²) in [5, 5.41) is 0. The zero-order chi connectivity index (χ0) is 14.7. The maximum atomic E-state index is 5.84.